The Balaban J connectivity index is 1.12. The molecule has 8 rings (SSSR count). The highest BCUT2D eigenvalue weighted by molar-refractivity contribution is 5.99. The highest BCUT2D eigenvalue weighted by Gasteiger charge is 2.24. The Kier molecular flexibility index (Phi) is 12.0. The van der Waals surface area contributed by atoms with Gasteiger partial charge in [0, 0.05) is 33.8 Å². The quantitative estimate of drug-likeness (QED) is 0.102. The molecule has 0 amide bonds. The van der Waals surface area contributed by atoms with Gasteiger partial charge in [0.05, 0.1) is 5.69 Å². The first-order valence-corrected chi connectivity index (χ1v) is 21.9. The molecule has 0 radical (unpaired) electrons. The molecule has 8 aromatic rings. The van der Waals surface area contributed by atoms with Crippen molar-refractivity contribution in [1.29, 1.82) is 0 Å². The van der Waals surface area contributed by atoms with Crippen molar-refractivity contribution in [2.75, 3.05) is 9.80 Å². The minimum absolute atomic E-state index is 0.179. The van der Waals surface area contributed by atoms with Crippen molar-refractivity contribution in [3.63, 3.8) is 0 Å². The average molecular weight is 771 g/mol. The van der Waals surface area contributed by atoms with Gasteiger partial charge in [-0.1, -0.05) is 169 Å². The lowest BCUT2D eigenvalue weighted by Gasteiger charge is -2.31. The first-order valence-electron chi connectivity index (χ1n) is 21.9. The van der Waals surface area contributed by atoms with E-state index in [1.807, 2.05) is 0 Å². The number of para-hydroxylation sites is 1. The molecule has 0 heterocycles. The number of fused-ring (bicyclic) bond motifs is 2. The van der Waals surface area contributed by atoms with Crippen molar-refractivity contribution in [1.82, 2.24) is 0 Å². The number of rotatable bonds is 15. The summed E-state index contributed by atoms with van der Waals surface area (Å²) in [5.41, 5.74) is 12.3. The molecule has 2 atom stereocenters. The van der Waals surface area contributed by atoms with Gasteiger partial charge in [-0.3, -0.25) is 0 Å². The van der Waals surface area contributed by atoms with E-state index in [4.69, 9.17) is 0 Å². The summed E-state index contributed by atoms with van der Waals surface area (Å²) in [5.74, 6) is 0.551. The van der Waals surface area contributed by atoms with E-state index in [0.29, 0.717) is 5.92 Å². The summed E-state index contributed by atoms with van der Waals surface area (Å²) < 4.78 is 0. The zero-order valence-electron chi connectivity index (χ0n) is 35.5. The highest BCUT2D eigenvalue weighted by atomic mass is 15.1. The Labute approximate surface area is 352 Å². The number of hydrogen-bond acceptors (Lipinski definition) is 2. The Morgan fingerprint density at radius 2 is 1.05 bits per heavy atom. The van der Waals surface area contributed by atoms with Crippen molar-refractivity contribution in [3.05, 3.63) is 193 Å². The van der Waals surface area contributed by atoms with Gasteiger partial charge in [-0.25, -0.2) is 0 Å². The molecule has 0 N–H and O–H groups in total. The van der Waals surface area contributed by atoms with E-state index in [-0.39, 0.29) is 5.41 Å². The SMILES string of the molecule is CCCCC(C)c1ccc2ccc(N(c3ccccc3)c3ccc(-c4ccc(N(c5ccc(C(C)(CC)CCC)cc5)c5cccc6ccccc56)cc4)cc3)cc2c1. The lowest BCUT2D eigenvalue weighted by atomic mass is 9.76. The molecule has 0 aliphatic carbocycles. The monoisotopic (exact) mass is 770 g/mol. The average Bonchev–Trinajstić information content (AvgIpc) is 3.29. The Morgan fingerprint density at radius 3 is 1.71 bits per heavy atom. The van der Waals surface area contributed by atoms with Crippen LogP contribution in [-0.4, -0.2) is 0 Å². The lowest BCUT2D eigenvalue weighted by molar-refractivity contribution is 0.414. The maximum atomic E-state index is 2.41. The summed E-state index contributed by atoms with van der Waals surface area (Å²) in [6, 6.07) is 67.4. The first kappa shape index (κ1) is 39.7. The number of hydrogen-bond donors (Lipinski definition) is 0. The zero-order valence-corrected chi connectivity index (χ0v) is 35.5. The predicted molar refractivity (Wildman–Crippen MR) is 257 cm³/mol. The van der Waals surface area contributed by atoms with Crippen molar-refractivity contribution in [3.8, 4) is 11.1 Å². The van der Waals surface area contributed by atoms with Gasteiger partial charge in [-0.05, 0) is 136 Å². The topological polar surface area (TPSA) is 6.48 Å². The summed E-state index contributed by atoms with van der Waals surface area (Å²) in [5, 5.41) is 5.03. The van der Waals surface area contributed by atoms with Crippen LogP contribution in [0.25, 0.3) is 32.7 Å². The van der Waals surface area contributed by atoms with Crippen LogP contribution in [0, 0.1) is 0 Å². The van der Waals surface area contributed by atoms with E-state index in [1.54, 1.807) is 0 Å². The van der Waals surface area contributed by atoms with E-state index >= 15 is 0 Å². The van der Waals surface area contributed by atoms with Crippen LogP contribution in [0.15, 0.2) is 182 Å². The van der Waals surface area contributed by atoms with Gasteiger partial charge in [0.25, 0.3) is 0 Å². The van der Waals surface area contributed by atoms with Gasteiger partial charge in [-0.15, -0.1) is 0 Å². The van der Waals surface area contributed by atoms with Crippen LogP contribution in [0.3, 0.4) is 0 Å². The van der Waals surface area contributed by atoms with Crippen molar-refractivity contribution in [2.24, 2.45) is 0 Å². The maximum Gasteiger partial charge on any atom is 0.0540 e. The van der Waals surface area contributed by atoms with Gasteiger partial charge in [0.2, 0.25) is 0 Å². The van der Waals surface area contributed by atoms with Crippen molar-refractivity contribution >= 4 is 55.7 Å². The molecule has 0 spiro atoms. The minimum Gasteiger partial charge on any atom is -0.310 e. The number of unbranched alkanes of at least 4 members (excludes halogenated alkanes) is 1. The molecule has 0 aromatic heterocycles. The standard InChI is InChI=1S/C57H58N2/c1-6-9-16-42(4)47-24-23-45-29-36-54(41-48(45)40-47)58(50-19-11-10-12-20-50)51-32-25-43(26-33-51)44-27-34-52(35-28-44)59(56-22-15-18-46-17-13-14-21-55(46)56)53-37-30-49(31-38-53)57(5,8-3)39-7-2/h10-15,17-38,40-42H,6-9,16,39H2,1-5H3. The summed E-state index contributed by atoms with van der Waals surface area (Å²) >= 11 is 0. The van der Waals surface area contributed by atoms with E-state index in [9.17, 15) is 0 Å². The summed E-state index contributed by atoms with van der Waals surface area (Å²) in [6.07, 6.45) is 7.21. The van der Waals surface area contributed by atoms with Crippen LogP contribution in [0.2, 0.25) is 0 Å². The molecule has 0 aliphatic heterocycles. The lowest BCUT2D eigenvalue weighted by Crippen LogP contribution is -2.20. The number of benzene rings is 8. The Hall–Kier alpha value is -6.12. The van der Waals surface area contributed by atoms with Gasteiger partial charge in [-0.2, -0.15) is 0 Å². The van der Waals surface area contributed by atoms with Gasteiger partial charge < -0.3 is 9.80 Å². The summed E-state index contributed by atoms with van der Waals surface area (Å²) in [6.45, 7) is 11.7. The van der Waals surface area contributed by atoms with Crippen molar-refractivity contribution < 1.29 is 0 Å². The minimum atomic E-state index is 0.179. The van der Waals surface area contributed by atoms with E-state index in [1.165, 1.54) is 81.6 Å². The fraction of sp³-hybridized carbons (Fsp3) is 0.228. The second-order valence-electron chi connectivity index (χ2n) is 16.6. The molecule has 2 nitrogen and oxygen atoms in total. The van der Waals surface area contributed by atoms with Crippen molar-refractivity contribution in [2.45, 2.75) is 84.5 Å². The molecule has 0 bridgehead atoms. The molecule has 0 fully saturated rings. The molecule has 0 saturated carbocycles. The molecule has 0 aliphatic rings. The molecule has 0 saturated heterocycles. The van der Waals surface area contributed by atoms with Crippen LogP contribution in [0.5, 0.6) is 0 Å². The summed E-state index contributed by atoms with van der Waals surface area (Å²) in [7, 11) is 0. The van der Waals surface area contributed by atoms with Crippen LogP contribution < -0.4 is 9.80 Å². The third-order valence-corrected chi connectivity index (χ3v) is 12.7. The Bertz CT molecular complexity index is 2600. The Morgan fingerprint density at radius 1 is 0.475 bits per heavy atom. The third kappa shape index (κ3) is 8.41. The fourth-order valence-corrected chi connectivity index (χ4v) is 8.93. The van der Waals surface area contributed by atoms with Crippen LogP contribution in [0.4, 0.5) is 34.1 Å². The van der Waals surface area contributed by atoms with Gasteiger partial charge in [0.1, 0.15) is 0 Å². The molecule has 296 valence electrons. The highest BCUT2D eigenvalue weighted by Crippen LogP contribution is 2.42. The second kappa shape index (κ2) is 17.8. The largest absolute Gasteiger partial charge is 0.310 e. The molecule has 2 heteroatoms. The van der Waals surface area contributed by atoms with Crippen LogP contribution in [0.1, 0.15) is 90.2 Å². The van der Waals surface area contributed by atoms with E-state index < -0.39 is 0 Å². The first-order chi connectivity index (χ1) is 28.9. The molecular formula is C57H58N2. The summed E-state index contributed by atoms with van der Waals surface area (Å²) in [4.78, 5) is 4.79. The molecular weight excluding hydrogens is 713 g/mol. The smallest absolute Gasteiger partial charge is 0.0540 e. The normalized spacial score (nSPS) is 13.0. The zero-order chi connectivity index (χ0) is 40.8. The number of anilines is 6. The van der Waals surface area contributed by atoms with E-state index in [0.717, 1.165) is 34.9 Å². The molecule has 59 heavy (non-hydrogen) atoms. The second-order valence-corrected chi connectivity index (χ2v) is 16.6. The maximum absolute atomic E-state index is 2.41. The number of nitrogens with zero attached hydrogens (tertiary/aromatic N) is 2. The molecule has 8 aromatic carbocycles. The van der Waals surface area contributed by atoms with Gasteiger partial charge in [0.15, 0.2) is 0 Å². The fourth-order valence-electron chi connectivity index (χ4n) is 8.93. The van der Waals surface area contributed by atoms with Gasteiger partial charge >= 0.3 is 0 Å². The molecule has 2 unspecified atom stereocenters. The predicted octanol–water partition coefficient (Wildman–Crippen LogP) is 17.4. The van der Waals surface area contributed by atoms with E-state index in [2.05, 4.69) is 226 Å². The third-order valence-electron chi connectivity index (χ3n) is 12.7. The van der Waals surface area contributed by atoms with Crippen LogP contribution >= 0.6 is 0 Å². The van der Waals surface area contributed by atoms with Crippen LogP contribution in [-0.2, 0) is 5.41 Å².